The Morgan fingerprint density at radius 3 is 2.05 bits per heavy atom. The Morgan fingerprint density at radius 1 is 1.16 bits per heavy atom. The number of amides is 3. The predicted molar refractivity (Wildman–Crippen MR) is 77.0 cm³/mol. The van der Waals surface area contributed by atoms with Gasteiger partial charge in [0.05, 0.1) is 0 Å². The third-order valence-corrected chi connectivity index (χ3v) is 3.05. The minimum absolute atomic E-state index is 0.140. The molecule has 0 aromatic heterocycles. The highest BCUT2D eigenvalue weighted by Crippen LogP contribution is 1.97. The zero-order valence-electron chi connectivity index (χ0n) is 11.9. The summed E-state index contributed by atoms with van der Waals surface area (Å²) < 4.78 is 0. The average Bonchev–Trinajstić information content (AvgIpc) is 2.36. The summed E-state index contributed by atoms with van der Waals surface area (Å²) in [6.07, 6.45) is 0. The van der Waals surface area contributed by atoms with E-state index in [1.807, 2.05) is 13.8 Å². The van der Waals surface area contributed by atoms with E-state index in [0.29, 0.717) is 13.1 Å². The van der Waals surface area contributed by atoms with Crippen LogP contribution in [0.1, 0.15) is 27.7 Å². The smallest absolute Gasteiger partial charge is 0.244 e. The van der Waals surface area contributed by atoms with Crippen molar-refractivity contribution >= 4 is 30.4 Å². The van der Waals surface area contributed by atoms with Crippen LogP contribution in [-0.4, -0.2) is 53.5 Å². The standard InChI is InChI=1S/C12H23N3O3S/c1-5-15(6-2)12(18)8(3)13-11(17)10(7-19)14-9(4)16/h8,10,19H,5-7H2,1-4H3,(H,13,17)(H,14,16). The largest absolute Gasteiger partial charge is 0.344 e. The van der Waals surface area contributed by atoms with Gasteiger partial charge < -0.3 is 15.5 Å². The number of carbonyl (C=O) groups excluding carboxylic acids is 3. The minimum atomic E-state index is -0.729. The van der Waals surface area contributed by atoms with Gasteiger partial charge in [-0.25, -0.2) is 0 Å². The zero-order chi connectivity index (χ0) is 15.0. The molecule has 3 amide bonds. The molecule has 0 aliphatic heterocycles. The van der Waals surface area contributed by atoms with Gasteiger partial charge in [0.15, 0.2) is 0 Å². The van der Waals surface area contributed by atoms with Gasteiger partial charge in [-0.3, -0.25) is 14.4 Å². The Labute approximate surface area is 119 Å². The number of hydrogen-bond donors (Lipinski definition) is 3. The number of hydrogen-bond acceptors (Lipinski definition) is 4. The molecule has 2 N–H and O–H groups in total. The Hall–Kier alpha value is -1.24. The Bertz CT molecular complexity index is 332. The van der Waals surface area contributed by atoms with Gasteiger partial charge in [-0.05, 0) is 20.8 Å². The van der Waals surface area contributed by atoms with Crippen LogP contribution < -0.4 is 10.6 Å². The molecule has 0 rings (SSSR count). The normalized spacial score (nSPS) is 13.3. The van der Waals surface area contributed by atoms with Crippen LogP contribution in [0.3, 0.4) is 0 Å². The first-order valence-corrected chi connectivity index (χ1v) is 6.97. The van der Waals surface area contributed by atoms with Gasteiger partial charge in [0.25, 0.3) is 0 Å². The highest BCUT2D eigenvalue weighted by atomic mass is 32.1. The van der Waals surface area contributed by atoms with E-state index in [1.165, 1.54) is 6.92 Å². The molecule has 2 unspecified atom stereocenters. The SMILES string of the molecule is CCN(CC)C(=O)C(C)NC(=O)C(CS)NC(C)=O. The fraction of sp³-hybridized carbons (Fsp3) is 0.750. The van der Waals surface area contributed by atoms with Crippen molar-refractivity contribution in [3.63, 3.8) is 0 Å². The van der Waals surface area contributed by atoms with Gasteiger partial charge in [-0.2, -0.15) is 12.6 Å². The summed E-state index contributed by atoms with van der Waals surface area (Å²) in [4.78, 5) is 36.4. The number of nitrogens with zero attached hydrogens (tertiary/aromatic N) is 1. The van der Waals surface area contributed by atoms with Crippen LogP contribution in [0.15, 0.2) is 0 Å². The summed E-state index contributed by atoms with van der Waals surface area (Å²) >= 11 is 4.01. The monoisotopic (exact) mass is 289 g/mol. The van der Waals surface area contributed by atoms with Crippen LogP contribution in [0.4, 0.5) is 0 Å². The number of likely N-dealkylation sites (N-methyl/N-ethyl adjacent to an activating group) is 1. The van der Waals surface area contributed by atoms with Gasteiger partial charge in [0.1, 0.15) is 12.1 Å². The number of carbonyl (C=O) groups is 3. The van der Waals surface area contributed by atoms with Crippen molar-refractivity contribution in [2.75, 3.05) is 18.8 Å². The van der Waals surface area contributed by atoms with Gasteiger partial charge in [0.2, 0.25) is 17.7 Å². The lowest BCUT2D eigenvalue weighted by Crippen LogP contribution is -2.53. The van der Waals surface area contributed by atoms with E-state index in [-0.39, 0.29) is 17.6 Å². The summed E-state index contributed by atoms with van der Waals surface area (Å²) in [7, 11) is 0. The molecular formula is C12H23N3O3S. The first-order chi connectivity index (χ1) is 8.87. The van der Waals surface area contributed by atoms with E-state index in [9.17, 15) is 14.4 Å². The van der Waals surface area contributed by atoms with Gasteiger partial charge in [0, 0.05) is 25.8 Å². The lowest BCUT2D eigenvalue weighted by molar-refractivity contribution is -0.136. The van der Waals surface area contributed by atoms with Gasteiger partial charge in [-0.15, -0.1) is 0 Å². The molecule has 0 saturated carbocycles. The van der Waals surface area contributed by atoms with Crippen molar-refractivity contribution in [2.45, 2.75) is 39.8 Å². The fourth-order valence-corrected chi connectivity index (χ4v) is 1.88. The van der Waals surface area contributed by atoms with Crippen LogP contribution in [0.2, 0.25) is 0 Å². The van der Waals surface area contributed by atoms with Gasteiger partial charge in [-0.1, -0.05) is 0 Å². The summed E-state index contributed by atoms with van der Waals surface area (Å²) in [6, 6.07) is -1.35. The molecule has 0 radical (unpaired) electrons. The van der Waals surface area contributed by atoms with E-state index in [2.05, 4.69) is 23.3 Å². The molecule has 0 aliphatic rings. The fourth-order valence-electron chi connectivity index (χ4n) is 1.62. The predicted octanol–water partition coefficient (Wildman–Crippen LogP) is -0.206. The maximum Gasteiger partial charge on any atom is 0.244 e. The van der Waals surface area contributed by atoms with Gasteiger partial charge >= 0.3 is 0 Å². The van der Waals surface area contributed by atoms with Crippen molar-refractivity contribution in [2.24, 2.45) is 0 Å². The summed E-state index contributed by atoms with van der Waals surface area (Å²) in [5, 5.41) is 5.07. The molecule has 0 bridgehead atoms. The lowest BCUT2D eigenvalue weighted by atomic mass is 10.2. The van der Waals surface area contributed by atoms with E-state index in [0.717, 1.165) is 0 Å². The van der Waals surface area contributed by atoms with Crippen LogP contribution in [0, 0.1) is 0 Å². The second kappa shape index (κ2) is 8.79. The van der Waals surface area contributed by atoms with Crippen LogP contribution in [0.25, 0.3) is 0 Å². The van der Waals surface area contributed by atoms with Crippen molar-refractivity contribution in [3.8, 4) is 0 Å². The lowest BCUT2D eigenvalue weighted by Gasteiger charge is -2.25. The topological polar surface area (TPSA) is 78.5 Å². The van der Waals surface area contributed by atoms with Crippen LogP contribution in [0.5, 0.6) is 0 Å². The molecule has 6 nitrogen and oxygen atoms in total. The third kappa shape index (κ3) is 5.96. The van der Waals surface area contributed by atoms with Crippen molar-refractivity contribution in [1.29, 1.82) is 0 Å². The molecule has 2 atom stereocenters. The Kier molecular flexibility index (Phi) is 8.22. The second-order valence-electron chi connectivity index (χ2n) is 4.18. The molecule has 0 heterocycles. The summed E-state index contributed by atoms with van der Waals surface area (Å²) in [5.74, 6) is -0.674. The van der Waals surface area contributed by atoms with E-state index >= 15 is 0 Å². The molecule has 7 heteroatoms. The molecule has 110 valence electrons. The molecule has 0 aromatic carbocycles. The van der Waals surface area contributed by atoms with Crippen LogP contribution >= 0.6 is 12.6 Å². The number of thiol groups is 1. The molecule has 0 aromatic rings. The zero-order valence-corrected chi connectivity index (χ0v) is 12.8. The molecule has 19 heavy (non-hydrogen) atoms. The van der Waals surface area contributed by atoms with Crippen LogP contribution in [-0.2, 0) is 14.4 Å². The molecular weight excluding hydrogens is 266 g/mol. The summed E-state index contributed by atoms with van der Waals surface area (Å²) in [5.41, 5.74) is 0. The molecule has 0 spiro atoms. The van der Waals surface area contributed by atoms with E-state index < -0.39 is 18.0 Å². The molecule has 0 saturated heterocycles. The second-order valence-corrected chi connectivity index (χ2v) is 4.54. The Balaban J connectivity index is 4.53. The molecule has 0 fully saturated rings. The molecule has 0 aliphatic carbocycles. The van der Waals surface area contributed by atoms with Crippen molar-refractivity contribution < 1.29 is 14.4 Å². The number of nitrogens with one attached hydrogen (secondary N) is 2. The highest BCUT2D eigenvalue weighted by molar-refractivity contribution is 7.80. The third-order valence-electron chi connectivity index (χ3n) is 2.68. The van der Waals surface area contributed by atoms with Crippen molar-refractivity contribution in [3.05, 3.63) is 0 Å². The number of rotatable bonds is 7. The quantitative estimate of drug-likeness (QED) is 0.568. The summed E-state index contributed by atoms with van der Waals surface area (Å²) in [6.45, 7) is 7.90. The minimum Gasteiger partial charge on any atom is -0.344 e. The average molecular weight is 289 g/mol. The van der Waals surface area contributed by atoms with E-state index in [1.54, 1.807) is 11.8 Å². The maximum absolute atomic E-state index is 12.0. The van der Waals surface area contributed by atoms with Crippen molar-refractivity contribution in [1.82, 2.24) is 15.5 Å². The maximum atomic E-state index is 12.0. The highest BCUT2D eigenvalue weighted by Gasteiger charge is 2.24. The Morgan fingerprint density at radius 2 is 1.68 bits per heavy atom. The first-order valence-electron chi connectivity index (χ1n) is 6.34. The first kappa shape index (κ1) is 17.8. The van der Waals surface area contributed by atoms with E-state index in [4.69, 9.17) is 0 Å².